The summed E-state index contributed by atoms with van der Waals surface area (Å²) in [6.07, 6.45) is 0.104. The zero-order chi connectivity index (χ0) is 32.7. The summed E-state index contributed by atoms with van der Waals surface area (Å²) in [5.74, 6) is -0.174. The maximum absolute atomic E-state index is 13.7. The van der Waals surface area contributed by atoms with E-state index in [0.717, 1.165) is 67.3 Å². The third kappa shape index (κ3) is 7.08. The monoisotopic (exact) mass is 672 g/mol. The number of aromatic nitrogens is 2. The molecule has 0 spiro atoms. The molecule has 1 saturated heterocycles. The number of carbonyl (C=O) groups excluding carboxylic acids is 1. The van der Waals surface area contributed by atoms with E-state index in [-0.39, 0.29) is 41.4 Å². The number of ketones is 1. The van der Waals surface area contributed by atoms with Crippen molar-refractivity contribution in [3.63, 3.8) is 0 Å². The number of halogens is 3. The first kappa shape index (κ1) is 32.4. The molecule has 3 fully saturated rings. The van der Waals surface area contributed by atoms with E-state index in [2.05, 4.69) is 16.0 Å². The summed E-state index contributed by atoms with van der Waals surface area (Å²) in [4.78, 5) is 25.8. The van der Waals surface area contributed by atoms with Crippen LogP contribution in [0.25, 0.3) is 21.0 Å². The smallest absolute Gasteiger partial charge is 0.425 e. The van der Waals surface area contributed by atoms with Gasteiger partial charge in [-0.15, -0.1) is 11.3 Å². The fourth-order valence-electron chi connectivity index (χ4n) is 6.32. The number of rotatable bonds is 9. The number of nitrogens with zero attached hydrogens (tertiary/aromatic N) is 4. The summed E-state index contributed by atoms with van der Waals surface area (Å²) >= 11 is 1.44. The summed E-state index contributed by atoms with van der Waals surface area (Å²) in [6, 6.07) is 13.3. The predicted molar refractivity (Wildman–Crippen MR) is 169 cm³/mol. The van der Waals surface area contributed by atoms with E-state index in [4.69, 9.17) is 9.72 Å². The molecule has 2 aromatic heterocycles. The normalized spacial score (nSPS) is 22.9. The van der Waals surface area contributed by atoms with Crippen LogP contribution in [0.2, 0.25) is 0 Å². The molecule has 1 aliphatic heterocycles. The topological polar surface area (TPSA) is 113 Å². The first-order valence-corrected chi connectivity index (χ1v) is 18.2. The average Bonchev–Trinajstić information content (AvgIpc) is 3.67. The predicted octanol–water partition coefficient (Wildman–Crippen LogP) is 6.97. The molecule has 1 aromatic carbocycles. The molecule has 46 heavy (non-hydrogen) atoms. The number of hydrogen-bond donors (Lipinski definition) is 0. The Bertz CT molecular complexity index is 1720. The Labute approximate surface area is 270 Å². The summed E-state index contributed by atoms with van der Waals surface area (Å²) in [6.45, 7) is 1.79. The van der Waals surface area contributed by atoms with Crippen molar-refractivity contribution in [3.05, 3.63) is 48.3 Å². The lowest BCUT2D eigenvalue weighted by atomic mass is 9.73. The molecule has 0 radical (unpaired) electrons. The minimum Gasteiger partial charge on any atom is -0.465 e. The molecule has 3 aromatic rings. The molecule has 3 heterocycles. The van der Waals surface area contributed by atoms with E-state index in [1.165, 1.54) is 23.6 Å². The Morgan fingerprint density at radius 3 is 2.39 bits per heavy atom. The number of carbonyl (C=O) groups is 1. The van der Waals surface area contributed by atoms with Gasteiger partial charge in [-0.05, 0) is 56.4 Å². The highest BCUT2D eigenvalue weighted by atomic mass is 32.2. The number of thiazole rings is 1. The molecular weight excluding hydrogens is 638 g/mol. The quantitative estimate of drug-likeness (QED) is 0.240. The van der Waals surface area contributed by atoms with Gasteiger partial charge in [0.05, 0.1) is 33.6 Å². The highest BCUT2D eigenvalue weighted by Crippen LogP contribution is 2.51. The van der Waals surface area contributed by atoms with E-state index in [9.17, 15) is 31.6 Å². The van der Waals surface area contributed by atoms with Gasteiger partial charge in [-0.1, -0.05) is 25.0 Å². The molecule has 2 saturated carbocycles. The van der Waals surface area contributed by atoms with Crippen molar-refractivity contribution in [2.45, 2.75) is 70.1 Å². The second kappa shape index (κ2) is 12.6. The molecular formula is C33H35F3N4O4S2. The molecule has 13 heteroatoms. The van der Waals surface area contributed by atoms with Gasteiger partial charge >= 0.3 is 6.18 Å². The largest absolute Gasteiger partial charge is 0.465 e. The van der Waals surface area contributed by atoms with Gasteiger partial charge in [0.1, 0.15) is 10.8 Å². The fraction of sp³-hybridized carbons (Fsp3) is 0.515. The number of benzene rings is 1. The molecule has 2 aliphatic carbocycles. The Kier molecular flexibility index (Phi) is 8.89. The van der Waals surface area contributed by atoms with Gasteiger partial charge in [0, 0.05) is 54.9 Å². The standard InChI is InChI=1S/C33H35F3N4O4S2/c1-21(33(34,35)36)44-28-11-8-23(19-38-28)31-39-29(26-5-3-2-4-25(26)27(41)18-32(20-37)12-13-32)30(45-31)22-6-9-24(10-7-22)40-14-16-46(42,43)17-15-40/h6-11,19,21,25-26H,2-5,12-18H2,1H3/t21?,25-,26-/m1/s1. The van der Waals surface area contributed by atoms with Gasteiger partial charge in [0.15, 0.2) is 15.9 Å². The third-order valence-electron chi connectivity index (χ3n) is 9.37. The van der Waals surface area contributed by atoms with Crippen molar-refractivity contribution in [2.24, 2.45) is 11.3 Å². The molecule has 6 rings (SSSR count). The minimum atomic E-state index is -4.51. The van der Waals surface area contributed by atoms with Crippen LogP contribution in [0, 0.1) is 22.7 Å². The van der Waals surface area contributed by atoms with Crippen LogP contribution in [0.1, 0.15) is 63.5 Å². The lowest BCUT2D eigenvalue weighted by Crippen LogP contribution is -2.40. The summed E-state index contributed by atoms with van der Waals surface area (Å²) in [5, 5.41) is 10.3. The van der Waals surface area contributed by atoms with E-state index >= 15 is 0 Å². The van der Waals surface area contributed by atoms with Crippen molar-refractivity contribution >= 4 is 32.6 Å². The number of hydrogen-bond acceptors (Lipinski definition) is 9. The zero-order valence-electron chi connectivity index (χ0n) is 25.4. The first-order chi connectivity index (χ1) is 21.9. The number of ether oxygens (including phenoxy) is 1. The second-order valence-corrected chi connectivity index (χ2v) is 15.9. The highest BCUT2D eigenvalue weighted by Gasteiger charge is 2.47. The number of Topliss-reactive ketones (excluding diaryl/α,β-unsaturated/α-hetero) is 1. The summed E-state index contributed by atoms with van der Waals surface area (Å²) < 4.78 is 67.8. The maximum Gasteiger partial charge on any atom is 0.425 e. The minimum absolute atomic E-state index is 0.113. The van der Waals surface area contributed by atoms with Crippen molar-refractivity contribution in [1.82, 2.24) is 9.97 Å². The van der Waals surface area contributed by atoms with Gasteiger partial charge in [-0.2, -0.15) is 18.4 Å². The van der Waals surface area contributed by atoms with E-state index in [1.54, 1.807) is 6.07 Å². The van der Waals surface area contributed by atoms with E-state index in [1.807, 2.05) is 24.3 Å². The van der Waals surface area contributed by atoms with Crippen molar-refractivity contribution in [3.8, 4) is 33.0 Å². The van der Waals surface area contributed by atoms with Gasteiger partial charge in [-0.3, -0.25) is 4.79 Å². The van der Waals surface area contributed by atoms with Crippen LogP contribution in [0.3, 0.4) is 0 Å². The molecule has 1 unspecified atom stereocenters. The molecule has 0 amide bonds. The van der Waals surface area contributed by atoms with Crippen molar-refractivity contribution < 1.29 is 31.1 Å². The van der Waals surface area contributed by atoms with Gasteiger partial charge in [-0.25, -0.2) is 18.4 Å². The van der Waals surface area contributed by atoms with Gasteiger partial charge in [0.25, 0.3) is 0 Å². The summed E-state index contributed by atoms with van der Waals surface area (Å²) in [7, 11) is -3.01. The molecule has 0 N–H and O–H groups in total. The van der Waals surface area contributed by atoms with Gasteiger partial charge in [0.2, 0.25) is 5.88 Å². The number of anilines is 1. The van der Waals surface area contributed by atoms with Crippen LogP contribution in [-0.4, -0.2) is 61.0 Å². The first-order valence-electron chi connectivity index (χ1n) is 15.6. The molecule has 0 bridgehead atoms. The maximum atomic E-state index is 13.7. The van der Waals surface area contributed by atoms with Crippen LogP contribution in [-0.2, 0) is 14.6 Å². The second-order valence-electron chi connectivity index (χ2n) is 12.6. The van der Waals surface area contributed by atoms with Crippen LogP contribution in [0.5, 0.6) is 5.88 Å². The fourth-order valence-corrected chi connectivity index (χ4v) is 8.65. The number of sulfone groups is 1. The van der Waals surface area contributed by atoms with E-state index < -0.39 is 27.5 Å². The lowest BCUT2D eigenvalue weighted by Gasteiger charge is -2.31. The molecule has 3 atom stereocenters. The molecule has 244 valence electrons. The number of alkyl halides is 3. The zero-order valence-corrected chi connectivity index (χ0v) is 27.1. The van der Waals surface area contributed by atoms with Crippen molar-refractivity contribution in [2.75, 3.05) is 29.5 Å². The Balaban J connectivity index is 1.32. The van der Waals surface area contributed by atoms with Gasteiger partial charge < -0.3 is 9.64 Å². The van der Waals surface area contributed by atoms with E-state index in [0.29, 0.717) is 23.7 Å². The molecule has 8 nitrogen and oxygen atoms in total. The van der Waals surface area contributed by atoms with Crippen LogP contribution in [0.4, 0.5) is 18.9 Å². The van der Waals surface area contributed by atoms with Crippen molar-refractivity contribution in [1.29, 1.82) is 5.26 Å². The average molecular weight is 673 g/mol. The van der Waals surface area contributed by atoms with Crippen LogP contribution < -0.4 is 9.64 Å². The number of pyridine rings is 1. The van der Waals surface area contributed by atoms with Crippen LogP contribution >= 0.6 is 11.3 Å². The van der Waals surface area contributed by atoms with Crippen LogP contribution in [0.15, 0.2) is 42.6 Å². The highest BCUT2D eigenvalue weighted by molar-refractivity contribution is 7.91. The Morgan fingerprint density at radius 1 is 1.11 bits per heavy atom. The molecule has 3 aliphatic rings. The lowest BCUT2D eigenvalue weighted by molar-refractivity contribution is -0.189. The number of nitriles is 1. The Morgan fingerprint density at radius 2 is 1.78 bits per heavy atom. The summed E-state index contributed by atoms with van der Waals surface area (Å²) in [5.41, 5.74) is 2.73. The Hall–Kier alpha value is -3.50. The third-order valence-corrected chi connectivity index (χ3v) is 12.1. The SMILES string of the molecule is CC(Oc1ccc(-c2nc([C@@H]3CCCC[C@H]3C(=O)CC3(C#N)CC3)c(-c3ccc(N4CCS(=O)(=O)CC4)cc3)s2)cn1)C(F)(F)F.